The Hall–Kier alpha value is -2.53. The molecule has 1 aromatic heterocycles. The molecule has 0 unspecified atom stereocenters. The van der Waals surface area contributed by atoms with E-state index >= 15 is 0 Å². The van der Waals surface area contributed by atoms with Crippen LogP contribution in [0.4, 0.5) is 13.2 Å². The minimum absolute atomic E-state index is 0.116. The number of alkyl halides is 3. The Morgan fingerprint density at radius 2 is 1.85 bits per heavy atom. The molecule has 0 aliphatic rings. The van der Waals surface area contributed by atoms with Crippen molar-refractivity contribution in [1.29, 1.82) is 0 Å². The van der Waals surface area contributed by atoms with Gasteiger partial charge in [-0.25, -0.2) is 13.1 Å². The average molecular weight is 392 g/mol. The lowest BCUT2D eigenvalue weighted by molar-refractivity contribution is -0.274. The fourth-order valence-electron chi connectivity index (χ4n) is 1.89. The van der Waals surface area contributed by atoms with Gasteiger partial charge in [0.05, 0.1) is 17.7 Å². The summed E-state index contributed by atoms with van der Waals surface area (Å²) >= 11 is 0. The van der Waals surface area contributed by atoms with Gasteiger partial charge in [-0.3, -0.25) is 4.79 Å². The van der Waals surface area contributed by atoms with Crippen LogP contribution in [-0.4, -0.2) is 27.2 Å². The Balaban J connectivity index is 1.81. The number of nitrogens with one attached hydrogen (secondary N) is 2. The zero-order valence-electron chi connectivity index (χ0n) is 13.2. The number of sulfonamides is 1. The predicted octanol–water partition coefficient (Wildman–Crippen LogP) is 2.16. The lowest BCUT2D eigenvalue weighted by Crippen LogP contribution is -2.30. The number of carbonyl (C=O) groups excluding carboxylic acids is 1. The van der Waals surface area contributed by atoms with Crippen LogP contribution in [0.2, 0.25) is 0 Å². The Morgan fingerprint density at radius 1 is 1.15 bits per heavy atom. The summed E-state index contributed by atoms with van der Waals surface area (Å²) in [5, 5.41) is 2.55. The van der Waals surface area contributed by atoms with Crippen molar-refractivity contribution >= 4 is 15.9 Å². The van der Waals surface area contributed by atoms with Crippen LogP contribution in [0.5, 0.6) is 5.75 Å². The summed E-state index contributed by atoms with van der Waals surface area (Å²) in [5.74, 6) is -0.369. The van der Waals surface area contributed by atoms with Crippen molar-refractivity contribution in [3.05, 3.63) is 48.4 Å². The molecule has 0 aliphatic carbocycles. The van der Waals surface area contributed by atoms with Crippen molar-refractivity contribution in [1.82, 2.24) is 10.0 Å². The molecule has 0 saturated heterocycles. The molecule has 142 valence electrons. The van der Waals surface area contributed by atoms with E-state index < -0.39 is 28.0 Å². The van der Waals surface area contributed by atoms with Gasteiger partial charge in [0.1, 0.15) is 11.5 Å². The highest BCUT2D eigenvalue weighted by Gasteiger charge is 2.31. The van der Waals surface area contributed by atoms with E-state index in [0.717, 1.165) is 24.3 Å². The van der Waals surface area contributed by atoms with E-state index in [4.69, 9.17) is 4.42 Å². The van der Waals surface area contributed by atoms with Crippen LogP contribution in [-0.2, 0) is 21.4 Å². The zero-order valence-corrected chi connectivity index (χ0v) is 14.1. The minimum Gasteiger partial charge on any atom is -0.467 e. The van der Waals surface area contributed by atoms with Gasteiger partial charge in [0.25, 0.3) is 0 Å². The minimum atomic E-state index is -4.86. The molecule has 0 bridgehead atoms. The highest BCUT2D eigenvalue weighted by molar-refractivity contribution is 7.89. The number of benzene rings is 1. The van der Waals surface area contributed by atoms with Crippen LogP contribution < -0.4 is 14.8 Å². The standard InChI is InChI=1S/C15H15F3N2O5S/c16-15(17,18)25-11-3-5-13(6-4-11)26(22,23)20-8-7-14(21)19-10-12-2-1-9-24-12/h1-6,9,20H,7-8,10H2,(H,19,21). The fraction of sp³-hybridized carbons (Fsp3) is 0.267. The maximum absolute atomic E-state index is 12.1. The monoisotopic (exact) mass is 392 g/mol. The Morgan fingerprint density at radius 3 is 2.42 bits per heavy atom. The highest BCUT2D eigenvalue weighted by atomic mass is 32.2. The second kappa shape index (κ2) is 8.23. The van der Waals surface area contributed by atoms with Crippen molar-refractivity contribution in [3.8, 4) is 5.75 Å². The van der Waals surface area contributed by atoms with Crippen molar-refractivity contribution in [2.24, 2.45) is 0 Å². The van der Waals surface area contributed by atoms with Gasteiger partial charge in [-0.2, -0.15) is 0 Å². The number of hydrogen-bond acceptors (Lipinski definition) is 5. The topological polar surface area (TPSA) is 97.6 Å². The van der Waals surface area contributed by atoms with Gasteiger partial charge in [0.2, 0.25) is 15.9 Å². The number of amides is 1. The number of furan rings is 1. The molecule has 2 aromatic rings. The van der Waals surface area contributed by atoms with E-state index in [-0.39, 0.29) is 24.4 Å². The number of ether oxygens (including phenoxy) is 1. The van der Waals surface area contributed by atoms with Crippen LogP contribution in [0.3, 0.4) is 0 Å². The summed E-state index contributed by atoms with van der Waals surface area (Å²) in [6.07, 6.45) is -3.52. The number of halogens is 3. The smallest absolute Gasteiger partial charge is 0.467 e. The quantitative estimate of drug-likeness (QED) is 0.718. The molecule has 2 N–H and O–H groups in total. The second-order valence-corrected chi connectivity index (χ2v) is 6.79. The molecule has 2 rings (SSSR count). The van der Waals surface area contributed by atoms with E-state index in [9.17, 15) is 26.4 Å². The van der Waals surface area contributed by atoms with Crippen molar-refractivity contribution in [3.63, 3.8) is 0 Å². The van der Waals surface area contributed by atoms with Crippen LogP contribution >= 0.6 is 0 Å². The lowest BCUT2D eigenvalue weighted by Gasteiger charge is -2.10. The molecule has 0 fully saturated rings. The van der Waals surface area contributed by atoms with E-state index in [1.165, 1.54) is 6.26 Å². The van der Waals surface area contributed by atoms with Crippen LogP contribution in [0.1, 0.15) is 12.2 Å². The largest absolute Gasteiger partial charge is 0.573 e. The second-order valence-electron chi connectivity index (χ2n) is 5.02. The first-order chi connectivity index (χ1) is 12.2. The molecule has 0 spiro atoms. The number of rotatable bonds is 8. The van der Waals surface area contributed by atoms with Crippen molar-refractivity contribution in [2.75, 3.05) is 6.54 Å². The summed E-state index contributed by atoms with van der Waals surface area (Å²) in [4.78, 5) is 11.4. The summed E-state index contributed by atoms with van der Waals surface area (Å²) in [6.45, 7) is 0.00632. The highest BCUT2D eigenvalue weighted by Crippen LogP contribution is 2.23. The SMILES string of the molecule is O=C(CCNS(=O)(=O)c1ccc(OC(F)(F)F)cc1)NCc1ccco1. The molecular weight excluding hydrogens is 377 g/mol. The molecule has 26 heavy (non-hydrogen) atoms. The van der Waals surface area contributed by atoms with E-state index in [1.54, 1.807) is 12.1 Å². The Labute approximate surface area is 147 Å². The maximum Gasteiger partial charge on any atom is 0.573 e. The van der Waals surface area contributed by atoms with Gasteiger partial charge in [0.15, 0.2) is 0 Å². The Bertz CT molecular complexity index is 818. The Kier molecular flexibility index (Phi) is 6.27. The molecule has 0 saturated carbocycles. The zero-order chi connectivity index (χ0) is 19.2. The molecule has 1 amide bonds. The van der Waals surface area contributed by atoms with Crippen LogP contribution in [0.15, 0.2) is 52.0 Å². The summed E-state index contributed by atoms with van der Waals surface area (Å²) in [7, 11) is -3.96. The molecule has 0 aliphatic heterocycles. The van der Waals surface area contributed by atoms with E-state index in [0.29, 0.717) is 5.76 Å². The average Bonchev–Trinajstić information content (AvgIpc) is 3.05. The number of hydrogen-bond donors (Lipinski definition) is 2. The fourth-order valence-corrected chi connectivity index (χ4v) is 2.92. The van der Waals surface area contributed by atoms with Crippen molar-refractivity contribution in [2.45, 2.75) is 24.2 Å². The third-order valence-corrected chi connectivity index (χ3v) is 4.53. The normalized spacial score (nSPS) is 12.0. The van der Waals surface area contributed by atoms with Gasteiger partial charge in [0, 0.05) is 13.0 Å². The third kappa shape index (κ3) is 6.41. The first-order valence-corrected chi connectivity index (χ1v) is 8.78. The summed E-state index contributed by atoms with van der Waals surface area (Å²) in [5.41, 5.74) is 0. The summed E-state index contributed by atoms with van der Waals surface area (Å²) in [6, 6.07) is 7.06. The van der Waals surface area contributed by atoms with Gasteiger partial charge < -0.3 is 14.5 Å². The maximum atomic E-state index is 12.1. The van der Waals surface area contributed by atoms with Gasteiger partial charge in [-0.15, -0.1) is 13.2 Å². The molecule has 11 heteroatoms. The lowest BCUT2D eigenvalue weighted by atomic mass is 10.3. The molecule has 0 radical (unpaired) electrons. The van der Waals surface area contributed by atoms with Crippen molar-refractivity contribution < 1.29 is 35.5 Å². The number of carbonyl (C=O) groups is 1. The van der Waals surface area contributed by atoms with Gasteiger partial charge >= 0.3 is 6.36 Å². The van der Waals surface area contributed by atoms with Gasteiger partial charge in [-0.05, 0) is 36.4 Å². The van der Waals surface area contributed by atoms with E-state index in [2.05, 4.69) is 14.8 Å². The van der Waals surface area contributed by atoms with Crippen LogP contribution in [0.25, 0.3) is 0 Å². The molecule has 1 aromatic carbocycles. The predicted molar refractivity (Wildman–Crippen MR) is 83.5 cm³/mol. The molecule has 7 nitrogen and oxygen atoms in total. The molecule has 1 heterocycles. The van der Waals surface area contributed by atoms with E-state index in [1.807, 2.05) is 0 Å². The van der Waals surface area contributed by atoms with Crippen LogP contribution in [0, 0.1) is 0 Å². The first kappa shape index (κ1) is 19.8. The molecular formula is C15H15F3N2O5S. The third-order valence-electron chi connectivity index (χ3n) is 3.05. The van der Waals surface area contributed by atoms with Gasteiger partial charge in [-0.1, -0.05) is 0 Å². The summed E-state index contributed by atoms with van der Waals surface area (Å²) < 4.78 is 71.2. The molecule has 0 atom stereocenters. The first-order valence-electron chi connectivity index (χ1n) is 7.30.